The first-order valence-corrected chi connectivity index (χ1v) is 5.45. The number of aromatic carboxylic acids is 1. The highest BCUT2D eigenvalue weighted by atomic mass is 16.5. The topological polar surface area (TPSA) is 64.3 Å². The molecular formula is C13H14N2O3. The Morgan fingerprint density at radius 3 is 2.61 bits per heavy atom. The van der Waals surface area contributed by atoms with E-state index < -0.39 is 5.97 Å². The zero-order valence-electron chi connectivity index (χ0n) is 10.5. The van der Waals surface area contributed by atoms with Gasteiger partial charge in [-0.1, -0.05) is 0 Å². The van der Waals surface area contributed by atoms with Gasteiger partial charge >= 0.3 is 5.97 Å². The van der Waals surface area contributed by atoms with Gasteiger partial charge in [0.2, 0.25) is 0 Å². The average Bonchev–Trinajstić information content (AvgIpc) is 2.67. The molecule has 0 aliphatic carbocycles. The molecule has 1 heterocycles. The standard InChI is InChI=1S/C13H14N2O3/c1-8-11(7-15(2)14-8)10-6-9(13(16)17)4-5-12(10)18-3/h4-7H,1-3H3,(H,16,17). The summed E-state index contributed by atoms with van der Waals surface area (Å²) < 4.78 is 6.96. The molecule has 0 radical (unpaired) electrons. The van der Waals surface area contributed by atoms with Crippen molar-refractivity contribution in [2.24, 2.45) is 7.05 Å². The number of hydrogen-bond acceptors (Lipinski definition) is 3. The van der Waals surface area contributed by atoms with Crippen LogP contribution in [0, 0.1) is 6.92 Å². The quantitative estimate of drug-likeness (QED) is 0.900. The summed E-state index contributed by atoms with van der Waals surface area (Å²) in [5, 5.41) is 13.3. The zero-order chi connectivity index (χ0) is 13.3. The minimum atomic E-state index is -0.958. The van der Waals surface area contributed by atoms with Crippen LogP contribution in [0.2, 0.25) is 0 Å². The molecule has 0 fully saturated rings. The molecule has 1 aromatic carbocycles. The molecule has 0 spiro atoms. The van der Waals surface area contributed by atoms with Gasteiger partial charge in [-0.3, -0.25) is 4.68 Å². The van der Waals surface area contributed by atoms with E-state index in [4.69, 9.17) is 9.84 Å². The van der Waals surface area contributed by atoms with Crippen LogP contribution in [-0.4, -0.2) is 28.0 Å². The predicted molar refractivity (Wildman–Crippen MR) is 66.9 cm³/mol. The Morgan fingerprint density at radius 2 is 2.11 bits per heavy atom. The van der Waals surface area contributed by atoms with E-state index in [1.807, 2.05) is 20.2 Å². The van der Waals surface area contributed by atoms with Crippen LogP contribution in [0.5, 0.6) is 5.75 Å². The number of aromatic nitrogens is 2. The number of carbonyl (C=O) groups is 1. The molecule has 0 bridgehead atoms. The average molecular weight is 246 g/mol. The number of benzene rings is 1. The second kappa shape index (κ2) is 4.52. The SMILES string of the molecule is COc1ccc(C(=O)O)cc1-c1cn(C)nc1C. The Balaban J connectivity index is 2.64. The molecule has 2 aromatic rings. The number of methoxy groups -OCH3 is 1. The van der Waals surface area contributed by atoms with Crippen LogP contribution < -0.4 is 4.74 Å². The molecule has 94 valence electrons. The molecule has 0 aliphatic heterocycles. The maximum atomic E-state index is 11.0. The van der Waals surface area contributed by atoms with Crippen molar-refractivity contribution >= 4 is 5.97 Å². The summed E-state index contributed by atoms with van der Waals surface area (Å²) in [6.07, 6.45) is 1.85. The summed E-state index contributed by atoms with van der Waals surface area (Å²) in [7, 11) is 3.38. The number of aryl methyl sites for hydroxylation is 2. The highest BCUT2D eigenvalue weighted by molar-refractivity contribution is 5.90. The van der Waals surface area contributed by atoms with Crippen molar-refractivity contribution in [2.75, 3.05) is 7.11 Å². The van der Waals surface area contributed by atoms with E-state index in [0.29, 0.717) is 5.75 Å². The third-order valence-corrected chi connectivity index (χ3v) is 2.75. The zero-order valence-corrected chi connectivity index (χ0v) is 10.5. The van der Waals surface area contributed by atoms with E-state index in [-0.39, 0.29) is 5.56 Å². The van der Waals surface area contributed by atoms with Gasteiger partial charge in [0.1, 0.15) is 5.75 Å². The van der Waals surface area contributed by atoms with E-state index in [2.05, 4.69) is 5.10 Å². The van der Waals surface area contributed by atoms with E-state index in [9.17, 15) is 4.79 Å². The second-order valence-corrected chi connectivity index (χ2v) is 4.02. The molecule has 2 rings (SSSR count). The van der Waals surface area contributed by atoms with Crippen molar-refractivity contribution in [1.82, 2.24) is 9.78 Å². The Hall–Kier alpha value is -2.30. The second-order valence-electron chi connectivity index (χ2n) is 4.02. The molecule has 1 aromatic heterocycles. The van der Waals surface area contributed by atoms with Gasteiger partial charge in [0.15, 0.2) is 0 Å². The van der Waals surface area contributed by atoms with Gasteiger partial charge in [0.05, 0.1) is 18.4 Å². The Kier molecular flexibility index (Phi) is 3.06. The fourth-order valence-corrected chi connectivity index (χ4v) is 1.92. The van der Waals surface area contributed by atoms with E-state index >= 15 is 0 Å². The number of nitrogens with zero attached hydrogens (tertiary/aromatic N) is 2. The minimum Gasteiger partial charge on any atom is -0.496 e. The number of hydrogen-bond donors (Lipinski definition) is 1. The highest BCUT2D eigenvalue weighted by Gasteiger charge is 2.14. The van der Waals surface area contributed by atoms with Crippen LogP contribution in [0.25, 0.3) is 11.1 Å². The lowest BCUT2D eigenvalue weighted by Gasteiger charge is -2.08. The minimum absolute atomic E-state index is 0.231. The lowest BCUT2D eigenvalue weighted by molar-refractivity contribution is 0.0697. The third kappa shape index (κ3) is 2.07. The Morgan fingerprint density at radius 1 is 1.39 bits per heavy atom. The maximum Gasteiger partial charge on any atom is 0.335 e. The van der Waals surface area contributed by atoms with Crippen LogP contribution in [0.3, 0.4) is 0 Å². The van der Waals surface area contributed by atoms with Crippen LogP contribution >= 0.6 is 0 Å². The van der Waals surface area contributed by atoms with Crippen molar-refractivity contribution in [3.63, 3.8) is 0 Å². The van der Waals surface area contributed by atoms with Gasteiger partial charge in [-0.2, -0.15) is 5.10 Å². The first kappa shape index (κ1) is 12.2. The van der Waals surface area contributed by atoms with E-state index in [1.54, 1.807) is 23.9 Å². The Bertz CT molecular complexity index is 602. The molecule has 5 heteroatoms. The number of ether oxygens (including phenoxy) is 1. The lowest BCUT2D eigenvalue weighted by atomic mass is 10.0. The molecule has 0 atom stereocenters. The predicted octanol–water partition coefficient (Wildman–Crippen LogP) is 2.10. The molecule has 0 aliphatic rings. The summed E-state index contributed by atoms with van der Waals surface area (Å²) >= 11 is 0. The molecule has 1 N–H and O–H groups in total. The first-order valence-electron chi connectivity index (χ1n) is 5.45. The van der Waals surface area contributed by atoms with Crippen molar-refractivity contribution in [3.8, 4) is 16.9 Å². The lowest BCUT2D eigenvalue weighted by Crippen LogP contribution is -1.98. The van der Waals surface area contributed by atoms with Crippen LogP contribution in [0.4, 0.5) is 0 Å². The molecule has 0 amide bonds. The summed E-state index contributed by atoms with van der Waals surface area (Å²) in [5.41, 5.74) is 2.67. The summed E-state index contributed by atoms with van der Waals surface area (Å²) in [5.74, 6) is -0.323. The van der Waals surface area contributed by atoms with Crippen LogP contribution in [0.1, 0.15) is 16.1 Å². The third-order valence-electron chi connectivity index (χ3n) is 2.75. The first-order chi connectivity index (χ1) is 8.52. The van der Waals surface area contributed by atoms with Gasteiger partial charge in [-0.15, -0.1) is 0 Å². The molecule has 0 saturated heterocycles. The van der Waals surface area contributed by atoms with E-state index in [1.165, 1.54) is 6.07 Å². The summed E-state index contributed by atoms with van der Waals surface area (Å²) in [4.78, 5) is 11.0. The molecule has 0 unspecified atom stereocenters. The van der Waals surface area contributed by atoms with Crippen molar-refractivity contribution in [2.45, 2.75) is 6.92 Å². The monoisotopic (exact) mass is 246 g/mol. The smallest absolute Gasteiger partial charge is 0.335 e. The molecule has 18 heavy (non-hydrogen) atoms. The van der Waals surface area contributed by atoms with Gasteiger partial charge in [0.25, 0.3) is 0 Å². The van der Waals surface area contributed by atoms with E-state index in [0.717, 1.165) is 16.8 Å². The van der Waals surface area contributed by atoms with Gasteiger partial charge in [0, 0.05) is 24.4 Å². The van der Waals surface area contributed by atoms with Crippen molar-refractivity contribution in [3.05, 3.63) is 35.7 Å². The largest absolute Gasteiger partial charge is 0.496 e. The Labute approximate surface area is 105 Å². The number of rotatable bonds is 3. The molecule has 5 nitrogen and oxygen atoms in total. The maximum absolute atomic E-state index is 11.0. The molecule has 0 saturated carbocycles. The normalized spacial score (nSPS) is 10.4. The number of carboxylic acid groups (broad SMARTS) is 1. The van der Waals surface area contributed by atoms with Gasteiger partial charge in [-0.05, 0) is 25.1 Å². The highest BCUT2D eigenvalue weighted by Crippen LogP contribution is 2.32. The van der Waals surface area contributed by atoms with Crippen molar-refractivity contribution < 1.29 is 14.6 Å². The van der Waals surface area contributed by atoms with Crippen LogP contribution in [0.15, 0.2) is 24.4 Å². The van der Waals surface area contributed by atoms with Crippen LogP contribution in [-0.2, 0) is 7.05 Å². The number of carboxylic acids is 1. The molecular weight excluding hydrogens is 232 g/mol. The fraction of sp³-hybridized carbons (Fsp3) is 0.231. The van der Waals surface area contributed by atoms with Gasteiger partial charge < -0.3 is 9.84 Å². The summed E-state index contributed by atoms with van der Waals surface area (Å²) in [6.45, 7) is 1.88. The van der Waals surface area contributed by atoms with Crippen molar-refractivity contribution in [1.29, 1.82) is 0 Å². The van der Waals surface area contributed by atoms with Gasteiger partial charge in [-0.25, -0.2) is 4.79 Å². The fourth-order valence-electron chi connectivity index (χ4n) is 1.92. The summed E-state index contributed by atoms with van der Waals surface area (Å²) in [6, 6.07) is 4.78.